The Labute approximate surface area is 94.8 Å². The van der Waals surface area contributed by atoms with E-state index in [1.54, 1.807) is 0 Å². The minimum absolute atomic E-state index is 0.0193. The molecule has 0 radical (unpaired) electrons. The molecule has 3 N–H and O–H groups in total. The van der Waals surface area contributed by atoms with Gasteiger partial charge in [0, 0.05) is 25.8 Å². The molecule has 1 amide bonds. The number of amides is 1. The largest absolute Gasteiger partial charge is 0.479 e. The van der Waals surface area contributed by atoms with Crippen LogP contribution < -0.4 is 5.32 Å². The fourth-order valence-electron chi connectivity index (χ4n) is 1.07. The Hall–Kier alpha value is -1.54. The van der Waals surface area contributed by atoms with Crippen molar-refractivity contribution in [2.24, 2.45) is 0 Å². The van der Waals surface area contributed by atoms with Crippen molar-refractivity contribution in [2.75, 3.05) is 6.54 Å². The molecule has 1 atom stereocenters. The molecule has 0 rings (SSSR count). The molecule has 0 aromatic heterocycles. The lowest BCUT2D eigenvalue weighted by molar-refractivity contribution is -0.147. The van der Waals surface area contributed by atoms with Crippen molar-refractivity contribution in [3.05, 3.63) is 0 Å². The zero-order chi connectivity index (χ0) is 12.4. The van der Waals surface area contributed by atoms with E-state index in [-0.39, 0.29) is 18.9 Å². The van der Waals surface area contributed by atoms with Crippen LogP contribution in [-0.2, 0) is 9.59 Å². The van der Waals surface area contributed by atoms with Crippen LogP contribution in [0.2, 0.25) is 0 Å². The number of carboxylic acid groups (broad SMARTS) is 1. The van der Waals surface area contributed by atoms with Gasteiger partial charge >= 0.3 is 5.97 Å². The minimum Gasteiger partial charge on any atom is -0.479 e. The first-order valence-electron chi connectivity index (χ1n) is 5.19. The number of carbonyl (C=O) groups is 2. The Morgan fingerprint density at radius 3 is 2.62 bits per heavy atom. The highest BCUT2D eigenvalue weighted by atomic mass is 16.4. The van der Waals surface area contributed by atoms with Crippen molar-refractivity contribution in [3.63, 3.8) is 0 Å². The standard InChI is InChI=1S/C11H17NO4/c1-2-3-4-5-6-10(14)12-8-7-9(13)11(15)16/h1,9,13H,3-8H2,(H,12,14)(H,15,16)/t9-/m0/s1. The molecule has 5 nitrogen and oxygen atoms in total. The molecule has 16 heavy (non-hydrogen) atoms. The van der Waals surface area contributed by atoms with E-state index in [1.165, 1.54) is 0 Å². The summed E-state index contributed by atoms with van der Waals surface area (Å²) < 4.78 is 0. The zero-order valence-corrected chi connectivity index (χ0v) is 9.11. The molecule has 90 valence electrons. The van der Waals surface area contributed by atoms with Gasteiger partial charge in [-0.1, -0.05) is 0 Å². The predicted molar refractivity (Wildman–Crippen MR) is 58.6 cm³/mol. The zero-order valence-electron chi connectivity index (χ0n) is 9.11. The van der Waals surface area contributed by atoms with Crippen LogP contribution >= 0.6 is 0 Å². The van der Waals surface area contributed by atoms with Gasteiger partial charge in [0.1, 0.15) is 0 Å². The van der Waals surface area contributed by atoms with Crippen molar-refractivity contribution in [3.8, 4) is 12.3 Å². The molecule has 0 saturated heterocycles. The van der Waals surface area contributed by atoms with Gasteiger partial charge in [0.25, 0.3) is 0 Å². The number of hydrogen-bond acceptors (Lipinski definition) is 3. The molecule has 0 aromatic rings. The lowest BCUT2D eigenvalue weighted by Gasteiger charge is -2.06. The molecule has 0 aliphatic carbocycles. The quantitative estimate of drug-likeness (QED) is 0.406. The lowest BCUT2D eigenvalue weighted by Crippen LogP contribution is -2.29. The summed E-state index contributed by atoms with van der Waals surface area (Å²) in [4.78, 5) is 21.4. The van der Waals surface area contributed by atoms with Crippen LogP contribution in [0.3, 0.4) is 0 Å². The Balaban J connectivity index is 3.44. The number of aliphatic hydroxyl groups is 1. The monoisotopic (exact) mass is 227 g/mol. The Kier molecular flexibility index (Phi) is 7.90. The first-order chi connectivity index (χ1) is 7.57. The highest BCUT2D eigenvalue weighted by molar-refractivity contribution is 5.76. The fourth-order valence-corrected chi connectivity index (χ4v) is 1.07. The van der Waals surface area contributed by atoms with Crippen LogP contribution in [0.5, 0.6) is 0 Å². The molecular formula is C11H17NO4. The first-order valence-corrected chi connectivity index (χ1v) is 5.19. The van der Waals surface area contributed by atoms with Crippen LogP contribution in [0, 0.1) is 12.3 Å². The number of aliphatic carboxylic acids is 1. The van der Waals surface area contributed by atoms with Gasteiger partial charge in [0.15, 0.2) is 6.10 Å². The summed E-state index contributed by atoms with van der Waals surface area (Å²) >= 11 is 0. The highest BCUT2D eigenvalue weighted by Crippen LogP contribution is 1.98. The average Bonchev–Trinajstić information content (AvgIpc) is 2.24. The van der Waals surface area contributed by atoms with Gasteiger partial charge in [-0.25, -0.2) is 4.79 Å². The van der Waals surface area contributed by atoms with E-state index in [9.17, 15) is 9.59 Å². The summed E-state index contributed by atoms with van der Waals surface area (Å²) in [5, 5.41) is 19.8. The van der Waals surface area contributed by atoms with E-state index < -0.39 is 12.1 Å². The number of rotatable bonds is 8. The molecule has 0 saturated carbocycles. The second-order valence-corrected chi connectivity index (χ2v) is 3.40. The summed E-state index contributed by atoms with van der Waals surface area (Å²) in [6.07, 6.45) is 6.22. The molecule has 0 spiro atoms. The van der Waals surface area contributed by atoms with Gasteiger partial charge in [-0.15, -0.1) is 12.3 Å². The number of carbonyl (C=O) groups excluding carboxylic acids is 1. The third-order valence-electron chi connectivity index (χ3n) is 2.00. The van der Waals surface area contributed by atoms with Crippen LogP contribution in [0.4, 0.5) is 0 Å². The number of terminal acetylenes is 1. The predicted octanol–water partition coefficient (Wildman–Crippen LogP) is 0.132. The summed E-state index contributed by atoms with van der Waals surface area (Å²) in [5.41, 5.74) is 0. The first kappa shape index (κ1) is 14.5. The maximum absolute atomic E-state index is 11.2. The van der Waals surface area contributed by atoms with Crippen molar-refractivity contribution in [1.82, 2.24) is 5.32 Å². The van der Waals surface area contributed by atoms with Gasteiger partial charge in [-0.2, -0.15) is 0 Å². The second kappa shape index (κ2) is 8.74. The highest BCUT2D eigenvalue weighted by Gasteiger charge is 2.12. The van der Waals surface area contributed by atoms with Crippen LogP contribution in [0.25, 0.3) is 0 Å². The number of unbranched alkanes of at least 4 members (excludes halogenated alkanes) is 2. The van der Waals surface area contributed by atoms with Gasteiger partial charge in [-0.3, -0.25) is 4.79 Å². The van der Waals surface area contributed by atoms with Crippen molar-refractivity contribution in [1.29, 1.82) is 0 Å². The summed E-state index contributed by atoms with van der Waals surface area (Å²) in [6.45, 7) is 0.168. The molecule has 0 fully saturated rings. The number of hydrogen-bond donors (Lipinski definition) is 3. The molecule has 0 unspecified atom stereocenters. The summed E-state index contributed by atoms with van der Waals surface area (Å²) in [7, 11) is 0. The second-order valence-electron chi connectivity index (χ2n) is 3.40. The maximum Gasteiger partial charge on any atom is 0.332 e. The molecule has 0 aliphatic heterocycles. The fraction of sp³-hybridized carbons (Fsp3) is 0.636. The van der Waals surface area contributed by atoms with E-state index in [0.717, 1.165) is 12.8 Å². The number of aliphatic hydroxyl groups excluding tert-OH is 1. The Morgan fingerprint density at radius 2 is 2.06 bits per heavy atom. The van der Waals surface area contributed by atoms with Crippen LogP contribution in [-0.4, -0.2) is 34.7 Å². The topological polar surface area (TPSA) is 86.6 Å². The van der Waals surface area contributed by atoms with Gasteiger partial charge in [-0.05, 0) is 12.8 Å². The molecule has 0 aromatic carbocycles. The molecule has 5 heteroatoms. The normalized spacial score (nSPS) is 11.5. The van der Waals surface area contributed by atoms with E-state index in [4.69, 9.17) is 16.6 Å². The Morgan fingerprint density at radius 1 is 1.38 bits per heavy atom. The van der Waals surface area contributed by atoms with Crippen LogP contribution in [0.1, 0.15) is 32.1 Å². The lowest BCUT2D eigenvalue weighted by atomic mass is 10.2. The summed E-state index contributed by atoms with van der Waals surface area (Å²) in [6, 6.07) is 0. The third kappa shape index (κ3) is 7.83. The summed E-state index contributed by atoms with van der Waals surface area (Å²) in [5.74, 6) is 1.06. The molecule has 0 heterocycles. The number of carboxylic acids is 1. The van der Waals surface area contributed by atoms with E-state index >= 15 is 0 Å². The van der Waals surface area contributed by atoms with Gasteiger partial charge in [0.2, 0.25) is 5.91 Å². The minimum atomic E-state index is -1.42. The third-order valence-corrected chi connectivity index (χ3v) is 2.00. The van der Waals surface area contributed by atoms with Crippen LogP contribution in [0.15, 0.2) is 0 Å². The SMILES string of the molecule is C#CCCCCC(=O)NCC[C@H](O)C(=O)O. The van der Waals surface area contributed by atoms with Crippen molar-refractivity contribution < 1.29 is 19.8 Å². The Bertz CT molecular complexity index is 270. The van der Waals surface area contributed by atoms with E-state index in [0.29, 0.717) is 12.8 Å². The van der Waals surface area contributed by atoms with E-state index in [2.05, 4.69) is 11.2 Å². The molecular weight excluding hydrogens is 210 g/mol. The molecule has 0 aliphatic rings. The molecule has 0 bridgehead atoms. The van der Waals surface area contributed by atoms with Crippen molar-refractivity contribution in [2.45, 2.75) is 38.2 Å². The van der Waals surface area contributed by atoms with Gasteiger partial charge in [0.05, 0.1) is 0 Å². The van der Waals surface area contributed by atoms with Crippen molar-refractivity contribution >= 4 is 11.9 Å². The smallest absolute Gasteiger partial charge is 0.332 e. The van der Waals surface area contributed by atoms with Gasteiger partial charge < -0.3 is 15.5 Å². The van der Waals surface area contributed by atoms with E-state index in [1.807, 2.05) is 0 Å². The number of nitrogens with one attached hydrogen (secondary N) is 1. The maximum atomic E-state index is 11.2. The average molecular weight is 227 g/mol.